The average molecular weight is 406 g/mol. The molecular formula is C22H16BrNO2. The van der Waals surface area contributed by atoms with Crippen molar-refractivity contribution in [1.82, 2.24) is 0 Å². The lowest BCUT2D eigenvalue weighted by Gasteiger charge is -2.51. The van der Waals surface area contributed by atoms with E-state index in [9.17, 15) is 9.59 Å². The average Bonchev–Trinajstić information content (AvgIpc) is 2.88. The highest BCUT2D eigenvalue weighted by molar-refractivity contribution is 9.10. The molecule has 1 heterocycles. The third kappa shape index (κ3) is 1.64. The second-order valence-electron chi connectivity index (χ2n) is 7.75. The Morgan fingerprint density at radius 3 is 1.81 bits per heavy atom. The lowest BCUT2D eigenvalue weighted by atomic mass is 9.50. The van der Waals surface area contributed by atoms with Crippen LogP contribution in [0.3, 0.4) is 0 Å². The van der Waals surface area contributed by atoms with Gasteiger partial charge in [0.05, 0.1) is 17.5 Å². The number of rotatable bonds is 1. The zero-order valence-corrected chi connectivity index (χ0v) is 15.5. The van der Waals surface area contributed by atoms with E-state index in [-0.39, 0.29) is 35.5 Å². The summed E-state index contributed by atoms with van der Waals surface area (Å²) in [6.07, 6.45) is 8.81. The Kier molecular flexibility index (Phi) is 2.84. The van der Waals surface area contributed by atoms with Crippen molar-refractivity contribution in [3.63, 3.8) is 0 Å². The third-order valence-corrected chi connectivity index (χ3v) is 7.45. The molecule has 2 aromatic carbocycles. The summed E-state index contributed by atoms with van der Waals surface area (Å²) in [5.74, 6) is 0.758. The molecule has 128 valence electrons. The number of benzene rings is 2. The summed E-state index contributed by atoms with van der Waals surface area (Å²) in [6.45, 7) is 0. The number of amides is 2. The minimum atomic E-state index is -0.203. The minimum Gasteiger partial charge on any atom is -0.274 e. The van der Waals surface area contributed by atoms with Crippen molar-refractivity contribution in [2.24, 2.45) is 35.5 Å². The third-order valence-electron chi connectivity index (χ3n) is 6.76. The quantitative estimate of drug-likeness (QED) is 0.523. The SMILES string of the molecule is O=C1[C@@H]2[C@@H]3C=C[C@@H]([C@H]4C=C[C@H]43)[C@@H]2C(=O)N1c1ccc(Br)c2ccccc12. The van der Waals surface area contributed by atoms with Crippen molar-refractivity contribution >= 4 is 44.2 Å². The van der Waals surface area contributed by atoms with E-state index in [4.69, 9.17) is 0 Å². The van der Waals surface area contributed by atoms with E-state index in [1.54, 1.807) is 0 Å². The molecule has 1 saturated heterocycles. The van der Waals surface area contributed by atoms with Gasteiger partial charge in [-0.3, -0.25) is 9.59 Å². The topological polar surface area (TPSA) is 37.4 Å². The summed E-state index contributed by atoms with van der Waals surface area (Å²) >= 11 is 3.58. The standard InChI is InChI=1S/C22H16BrNO2/c23-17-9-10-18(14-4-2-1-3-13(14)17)24-21(25)19-15-7-8-16(20(19)22(24)26)12-6-5-11(12)15/h1-12,15-16,19-20H/t11-,12+,15-,16+,19-,20+. The van der Waals surface area contributed by atoms with E-state index < -0.39 is 0 Å². The van der Waals surface area contributed by atoms with Crippen LogP contribution >= 0.6 is 15.9 Å². The van der Waals surface area contributed by atoms with Crippen LogP contribution in [-0.4, -0.2) is 11.8 Å². The molecule has 1 saturated carbocycles. The number of anilines is 1. The van der Waals surface area contributed by atoms with Crippen LogP contribution in [0.5, 0.6) is 0 Å². The van der Waals surface area contributed by atoms with Gasteiger partial charge in [-0.25, -0.2) is 4.90 Å². The normalized spacial score (nSPS) is 36.4. The molecule has 2 aromatic rings. The molecule has 0 spiro atoms. The number of allylic oxidation sites excluding steroid dienone is 4. The number of hydrogen-bond donors (Lipinski definition) is 0. The van der Waals surface area contributed by atoms with Gasteiger partial charge in [-0.1, -0.05) is 64.5 Å². The van der Waals surface area contributed by atoms with Gasteiger partial charge in [-0.2, -0.15) is 0 Å². The molecule has 0 aromatic heterocycles. The van der Waals surface area contributed by atoms with Crippen LogP contribution in [0.15, 0.2) is 65.2 Å². The molecule has 1 aliphatic heterocycles. The number of carbonyl (C=O) groups is 2. The molecule has 2 amide bonds. The van der Waals surface area contributed by atoms with Gasteiger partial charge in [0.1, 0.15) is 0 Å². The molecule has 2 bridgehead atoms. The predicted octanol–water partition coefficient (Wildman–Crippen LogP) is 4.33. The van der Waals surface area contributed by atoms with Gasteiger partial charge in [0.2, 0.25) is 11.8 Å². The number of fused-ring (bicyclic) bond motifs is 1. The molecule has 7 rings (SSSR count). The lowest BCUT2D eigenvalue weighted by Crippen LogP contribution is -2.50. The van der Waals surface area contributed by atoms with Crippen molar-refractivity contribution in [3.05, 3.63) is 65.2 Å². The maximum absolute atomic E-state index is 13.4. The molecule has 3 nitrogen and oxygen atoms in total. The number of nitrogens with zero attached hydrogens (tertiary/aromatic N) is 1. The van der Waals surface area contributed by atoms with Crippen LogP contribution in [-0.2, 0) is 9.59 Å². The summed E-state index contributed by atoms with van der Waals surface area (Å²) in [5.41, 5.74) is 0.716. The second kappa shape index (κ2) is 4.95. The van der Waals surface area contributed by atoms with Crippen molar-refractivity contribution in [3.8, 4) is 0 Å². The Hall–Kier alpha value is -2.20. The van der Waals surface area contributed by atoms with Crippen molar-refractivity contribution in [1.29, 1.82) is 0 Å². The van der Waals surface area contributed by atoms with E-state index in [0.29, 0.717) is 17.5 Å². The van der Waals surface area contributed by atoms with E-state index in [1.165, 1.54) is 4.90 Å². The fourth-order valence-corrected chi connectivity index (χ4v) is 6.05. The molecule has 4 heteroatoms. The number of carbonyl (C=O) groups excluding carboxylic acids is 2. The first-order valence-corrected chi connectivity index (χ1v) is 9.88. The monoisotopic (exact) mass is 405 g/mol. The summed E-state index contributed by atoms with van der Waals surface area (Å²) in [5, 5.41) is 1.95. The molecule has 6 atom stereocenters. The van der Waals surface area contributed by atoms with Crippen LogP contribution in [0.1, 0.15) is 0 Å². The number of imide groups is 1. The largest absolute Gasteiger partial charge is 0.274 e. The smallest absolute Gasteiger partial charge is 0.238 e. The van der Waals surface area contributed by atoms with Crippen molar-refractivity contribution in [2.75, 3.05) is 4.90 Å². The van der Waals surface area contributed by atoms with Gasteiger partial charge in [0, 0.05) is 9.86 Å². The number of hydrogen-bond acceptors (Lipinski definition) is 2. The summed E-state index contributed by atoms with van der Waals surface area (Å²) < 4.78 is 0.970. The summed E-state index contributed by atoms with van der Waals surface area (Å²) in [7, 11) is 0. The van der Waals surface area contributed by atoms with Crippen LogP contribution in [0.4, 0.5) is 5.69 Å². The van der Waals surface area contributed by atoms with Crippen LogP contribution < -0.4 is 4.90 Å². The zero-order valence-electron chi connectivity index (χ0n) is 13.9. The molecule has 0 unspecified atom stereocenters. The van der Waals surface area contributed by atoms with Crippen LogP contribution in [0.25, 0.3) is 10.8 Å². The molecule has 2 fully saturated rings. The highest BCUT2D eigenvalue weighted by Crippen LogP contribution is 2.59. The first-order valence-electron chi connectivity index (χ1n) is 9.08. The van der Waals surface area contributed by atoms with Crippen LogP contribution in [0, 0.1) is 35.5 Å². The van der Waals surface area contributed by atoms with Crippen molar-refractivity contribution < 1.29 is 9.59 Å². The Morgan fingerprint density at radius 2 is 1.23 bits per heavy atom. The van der Waals surface area contributed by atoms with Gasteiger partial charge < -0.3 is 0 Å². The zero-order chi connectivity index (χ0) is 17.6. The van der Waals surface area contributed by atoms with Gasteiger partial charge in [0.15, 0.2) is 0 Å². The highest BCUT2D eigenvalue weighted by Gasteiger charge is 2.63. The summed E-state index contributed by atoms with van der Waals surface area (Å²) in [6, 6.07) is 11.7. The van der Waals surface area contributed by atoms with E-state index in [0.717, 1.165) is 15.2 Å². The number of halogens is 1. The van der Waals surface area contributed by atoms with Gasteiger partial charge in [-0.05, 0) is 41.2 Å². The van der Waals surface area contributed by atoms with Gasteiger partial charge in [0.25, 0.3) is 0 Å². The second-order valence-corrected chi connectivity index (χ2v) is 8.61. The van der Waals surface area contributed by atoms with E-state index >= 15 is 0 Å². The molecule has 5 aliphatic rings. The maximum Gasteiger partial charge on any atom is 0.238 e. The van der Waals surface area contributed by atoms with Crippen molar-refractivity contribution in [2.45, 2.75) is 0 Å². The fourth-order valence-electron chi connectivity index (χ4n) is 5.57. The molecule has 26 heavy (non-hydrogen) atoms. The minimum absolute atomic E-state index is 0.0226. The van der Waals surface area contributed by atoms with Crippen LogP contribution in [0.2, 0.25) is 0 Å². The fraction of sp³-hybridized carbons (Fsp3) is 0.273. The Bertz CT molecular complexity index is 1020. The van der Waals surface area contributed by atoms with Gasteiger partial charge >= 0.3 is 0 Å². The molecular weight excluding hydrogens is 390 g/mol. The Morgan fingerprint density at radius 1 is 0.692 bits per heavy atom. The van der Waals surface area contributed by atoms with E-state index in [2.05, 4.69) is 40.2 Å². The first-order chi connectivity index (χ1) is 12.7. The molecule has 0 N–H and O–H groups in total. The molecule has 4 aliphatic carbocycles. The summed E-state index contributed by atoms with van der Waals surface area (Å²) in [4.78, 5) is 28.2. The highest BCUT2D eigenvalue weighted by atomic mass is 79.9. The first kappa shape index (κ1) is 14.9. The van der Waals surface area contributed by atoms with Gasteiger partial charge in [-0.15, -0.1) is 0 Å². The predicted molar refractivity (Wildman–Crippen MR) is 103 cm³/mol. The van der Waals surface area contributed by atoms with E-state index in [1.807, 2.05) is 36.4 Å². The maximum atomic E-state index is 13.4. The lowest BCUT2D eigenvalue weighted by molar-refractivity contribution is -0.127. The molecule has 0 radical (unpaired) electrons. The Labute approximate surface area is 159 Å². The Balaban J connectivity index is 1.51.